The molecule has 0 heterocycles. The van der Waals surface area contributed by atoms with Crippen LogP contribution in [0.25, 0.3) is 0 Å². The normalized spacial score (nSPS) is 23.6. The van der Waals surface area contributed by atoms with Crippen LogP contribution < -0.4 is 0 Å². The van der Waals surface area contributed by atoms with Gasteiger partial charge in [0, 0.05) is 10.9 Å². The second-order valence-electron chi connectivity index (χ2n) is 8.00. The number of aliphatic hydroxyl groups is 1. The highest BCUT2D eigenvalue weighted by Gasteiger charge is 2.46. The zero-order valence-electron chi connectivity index (χ0n) is 12.8. The Labute approximate surface area is 129 Å². The molecule has 20 heavy (non-hydrogen) atoms. The first-order chi connectivity index (χ1) is 9.00. The highest BCUT2D eigenvalue weighted by Crippen LogP contribution is 2.51. The molecule has 0 amide bonds. The highest BCUT2D eigenvalue weighted by atomic mass is 79.9. The van der Waals surface area contributed by atoms with Crippen LogP contribution in [0.5, 0.6) is 0 Å². The number of hydrogen-bond acceptors (Lipinski definition) is 1. The molecule has 1 nitrogen and oxygen atoms in total. The van der Waals surface area contributed by atoms with Crippen molar-refractivity contribution in [1.82, 2.24) is 0 Å². The summed E-state index contributed by atoms with van der Waals surface area (Å²) < 4.78 is 14.8. The summed E-state index contributed by atoms with van der Waals surface area (Å²) in [6.07, 6.45) is 2.92. The lowest BCUT2D eigenvalue weighted by Crippen LogP contribution is -2.47. The molecule has 1 aliphatic rings. The van der Waals surface area contributed by atoms with Gasteiger partial charge in [-0.2, -0.15) is 0 Å². The summed E-state index contributed by atoms with van der Waals surface area (Å²) in [6, 6.07) is 5.07. The molecule has 3 heteroatoms. The maximum absolute atomic E-state index is 14.0. The molecule has 0 spiro atoms. The molecule has 1 fully saturated rings. The van der Waals surface area contributed by atoms with Gasteiger partial charge < -0.3 is 5.11 Å². The van der Waals surface area contributed by atoms with Gasteiger partial charge in [0.15, 0.2) is 0 Å². The smallest absolute Gasteiger partial charge is 0.127 e. The van der Waals surface area contributed by atoms with Gasteiger partial charge >= 0.3 is 0 Å². The molecule has 0 atom stereocenters. The van der Waals surface area contributed by atoms with Crippen LogP contribution >= 0.6 is 15.9 Å². The van der Waals surface area contributed by atoms with Gasteiger partial charge in [-0.3, -0.25) is 0 Å². The molecule has 1 aromatic rings. The third kappa shape index (κ3) is 3.82. The zero-order valence-corrected chi connectivity index (χ0v) is 14.3. The largest absolute Gasteiger partial charge is 0.390 e. The Hall–Kier alpha value is -0.410. The summed E-state index contributed by atoms with van der Waals surface area (Å²) >= 11 is 3.27. The summed E-state index contributed by atoms with van der Waals surface area (Å²) in [5.41, 5.74) is -0.0471. The molecule has 1 aliphatic carbocycles. The van der Waals surface area contributed by atoms with Crippen LogP contribution in [0.2, 0.25) is 0 Å². The highest BCUT2D eigenvalue weighted by molar-refractivity contribution is 9.10. The van der Waals surface area contributed by atoms with Crippen molar-refractivity contribution in [2.24, 2.45) is 10.8 Å². The van der Waals surface area contributed by atoms with Crippen molar-refractivity contribution in [2.45, 2.75) is 59.0 Å². The first-order valence-electron chi connectivity index (χ1n) is 7.17. The van der Waals surface area contributed by atoms with Crippen LogP contribution in [0.3, 0.4) is 0 Å². The van der Waals surface area contributed by atoms with Crippen molar-refractivity contribution < 1.29 is 9.50 Å². The molecule has 0 aromatic heterocycles. The van der Waals surface area contributed by atoms with E-state index < -0.39 is 5.60 Å². The lowest BCUT2D eigenvalue weighted by atomic mass is 9.58. The second-order valence-corrected chi connectivity index (χ2v) is 8.91. The lowest BCUT2D eigenvalue weighted by Gasteiger charge is -2.49. The van der Waals surface area contributed by atoms with Crippen LogP contribution in [-0.4, -0.2) is 10.7 Å². The minimum atomic E-state index is -0.820. The van der Waals surface area contributed by atoms with Gasteiger partial charge in [0.2, 0.25) is 0 Å². The quantitative estimate of drug-likeness (QED) is 0.792. The Kier molecular flexibility index (Phi) is 4.07. The Balaban J connectivity index is 2.26. The summed E-state index contributed by atoms with van der Waals surface area (Å²) in [6.45, 7) is 8.77. The van der Waals surface area contributed by atoms with Crippen molar-refractivity contribution in [3.05, 3.63) is 34.1 Å². The third-order valence-corrected chi connectivity index (χ3v) is 4.60. The summed E-state index contributed by atoms with van der Waals surface area (Å²) in [5.74, 6) is -0.242. The first kappa shape index (κ1) is 16.0. The summed E-state index contributed by atoms with van der Waals surface area (Å²) in [5, 5.41) is 11.0. The molecular weight excluding hydrogens is 319 g/mol. The third-order valence-electron chi connectivity index (χ3n) is 4.11. The van der Waals surface area contributed by atoms with E-state index >= 15 is 0 Å². The van der Waals surface area contributed by atoms with Gasteiger partial charge in [-0.05, 0) is 47.8 Å². The van der Waals surface area contributed by atoms with Gasteiger partial charge in [0.05, 0.1) is 5.60 Å². The Bertz CT molecular complexity index is 492. The van der Waals surface area contributed by atoms with E-state index in [9.17, 15) is 9.50 Å². The number of halogens is 2. The van der Waals surface area contributed by atoms with Gasteiger partial charge in [-0.15, -0.1) is 0 Å². The van der Waals surface area contributed by atoms with Crippen LogP contribution in [0, 0.1) is 16.6 Å². The predicted octanol–water partition coefficient (Wildman–Crippen LogP) is 5.10. The van der Waals surface area contributed by atoms with E-state index in [1.165, 1.54) is 6.07 Å². The number of rotatable bonds is 2. The average Bonchev–Trinajstić information content (AvgIpc) is 2.16. The van der Waals surface area contributed by atoms with E-state index in [0.29, 0.717) is 12.0 Å². The molecular formula is C17H24BrFO. The van der Waals surface area contributed by atoms with Crippen LogP contribution in [0.1, 0.15) is 52.5 Å². The molecule has 112 valence electrons. The van der Waals surface area contributed by atoms with Crippen molar-refractivity contribution in [3.63, 3.8) is 0 Å². The average molecular weight is 343 g/mol. The maximum atomic E-state index is 14.0. The number of benzene rings is 1. The molecule has 0 radical (unpaired) electrons. The fraction of sp³-hybridized carbons (Fsp3) is 0.647. The lowest BCUT2D eigenvalue weighted by molar-refractivity contribution is -0.0854. The Morgan fingerprint density at radius 3 is 2.15 bits per heavy atom. The van der Waals surface area contributed by atoms with Crippen molar-refractivity contribution in [1.29, 1.82) is 0 Å². The Morgan fingerprint density at radius 2 is 1.65 bits per heavy atom. The van der Waals surface area contributed by atoms with Crippen LogP contribution in [0.4, 0.5) is 4.39 Å². The van der Waals surface area contributed by atoms with E-state index in [1.54, 1.807) is 6.07 Å². The standard InChI is InChI=1S/C17H24BrFO/c1-15(2)9-16(3,4)11-17(20,10-15)8-12-5-6-13(18)7-14(12)19/h5-7,20H,8-11H2,1-4H3. The molecule has 0 bridgehead atoms. The molecule has 0 aliphatic heterocycles. The molecule has 1 N–H and O–H groups in total. The van der Waals surface area contributed by atoms with Crippen molar-refractivity contribution in [2.75, 3.05) is 0 Å². The fourth-order valence-electron chi connectivity index (χ4n) is 4.41. The fourth-order valence-corrected chi connectivity index (χ4v) is 4.74. The summed E-state index contributed by atoms with van der Waals surface area (Å²) in [4.78, 5) is 0. The van der Waals surface area contributed by atoms with Gasteiger partial charge in [-0.1, -0.05) is 49.7 Å². The maximum Gasteiger partial charge on any atom is 0.127 e. The van der Waals surface area contributed by atoms with E-state index in [4.69, 9.17) is 0 Å². The zero-order chi connectivity index (χ0) is 15.2. The SMILES string of the molecule is CC1(C)CC(C)(C)CC(O)(Cc2ccc(Br)cc2F)C1. The topological polar surface area (TPSA) is 20.2 Å². The predicted molar refractivity (Wildman–Crippen MR) is 84.2 cm³/mol. The monoisotopic (exact) mass is 342 g/mol. The molecule has 0 unspecified atom stereocenters. The van der Waals surface area contributed by atoms with E-state index in [1.807, 2.05) is 6.07 Å². The Morgan fingerprint density at radius 1 is 1.10 bits per heavy atom. The summed E-state index contributed by atoms with van der Waals surface area (Å²) in [7, 11) is 0. The van der Waals surface area contributed by atoms with Crippen molar-refractivity contribution in [3.8, 4) is 0 Å². The minimum Gasteiger partial charge on any atom is -0.390 e. The molecule has 0 saturated heterocycles. The van der Waals surface area contributed by atoms with E-state index in [2.05, 4.69) is 43.6 Å². The minimum absolute atomic E-state index is 0.0857. The van der Waals surface area contributed by atoms with Gasteiger partial charge in [0.1, 0.15) is 5.82 Å². The van der Waals surface area contributed by atoms with Crippen LogP contribution in [0.15, 0.2) is 22.7 Å². The van der Waals surface area contributed by atoms with Gasteiger partial charge in [-0.25, -0.2) is 4.39 Å². The number of hydrogen-bond donors (Lipinski definition) is 1. The molecule has 1 aromatic carbocycles. The first-order valence-corrected chi connectivity index (χ1v) is 7.96. The second kappa shape index (κ2) is 5.10. The van der Waals surface area contributed by atoms with Crippen LogP contribution in [-0.2, 0) is 6.42 Å². The van der Waals surface area contributed by atoms with Crippen molar-refractivity contribution >= 4 is 15.9 Å². The molecule has 2 rings (SSSR count). The van der Waals surface area contributed by atoms with E-state index in [0.717, 1.165) is 23.7 Å². The van der Waals surface area contributed by atoms with E-state index in [-0.39, 0.29) is 16.6 Å². The van der Waals surface area contributed by atoms with Gasteiger partial charge in [0.25, 0.3) is 0 Å². The molecule has 1 saturated carbocycles.